The number of ether oxygens (including phenoxy) is 1. The van der Waals surface area contributed by atoms with E-state index in [1.807, 2.05) is 0 Å². The zero-order valence-electron chi connectivity index (χ0n) is 23.4. The number of aliphatic hydroxyl groups is 2. The van der Waals surface area contributed by atoms with Crippen molar-refractivity contribution in [3.8, 4) is 0 Å². The molecule has 0 aliphatic heterocycles. The van der Waals surface area contributed by atoms with Gasteiger partial charge in [0.1, 0.15) is 29.9 Å². The monoisotopic (exact) mass is 610 g/mol. The Hall–Kier alpha value is -3.04. The van der Waals surface area contributed by atoms with Gasteiger partial charge in [0.05, 0.1) is 27.9 Å². The number of aromatic amines is 1. The molecule has 15 heteroatoms. The highest BCUT2D eigenvalue weighted by Gasteiger charge is 2.38. The van der Waals surface area contributed by atoms with Gasteiger partial charge in [-0.05, 0) is 51.2 Å². The number of rotatable bonds is 11. The second kappa shape index (κ2) is 11.9. The molecule has 3 heterocycles. The quantitative estimate of drug-likeness (QED) is 0.198. The second-order valence-electron chi connectivity index (χ2n) is 11.1. The average Bonchev–Trinajstić information content (AvgIpc) is 3.51. The summed E-state index contributed by atoms with van der Waals surface area (Å²) in [7, 11) is 1.49. The number of nitrogens with zero attached hydrogens (tertiary/aromatic N) is 6. The van der Waals surface area contributed by atoms with Crippen LogP contribution in [0.1, 0.15) is 50.7 Å². The lowest BCUT2D eigenvalue weighted by Gasteiger charge is -2.46. The molecule has 1 fully saturated rings. The van der Waals surface area contributed by atoms with Crippen molar-refractivity contribution in [3.05, 3.63) is 41.2 Å². The standard InChI is InChI=1S/C27H34ClF3N8O3/c1-13(2)38(10-20(42-3)23(40)26(41)39-12-35-22-24(32)33-11-34-25(22)39)15-6-14(7-15)4-5-21-36-18-8-16(27(29,30)31)17(28)9-19(18)37-21/h8-9,11-15,20,23,26,40-41H,4-7,10H2,1-3H3,(H,36,37)(H2,32,33,34)/t14?,15?,20-,23-,26-/m1/s1. The zero-order chi connectivity index (χ0) is 30.3. The molecule has 11 nitrogen and oxygen atoms in total. The van der Waals surface area contributed by atoms with E-state index in [2.05, 4.69) is 43.7 Å². The molecule has 228 valence electrons. The van der Waals surface area contributed by atoms with Crippen LogP contribution in [0.3, 0.4) is 0 Å². The SMILES string of the molecule is CO[C@H](CN(C(C)C)C1CC(CCc2nc3cc(Cl)c(C(F)(F)F)cc3[nH]2)C1)[C@@H](O)[C@@H](O)n1cnc2c(N)ncnc21. The van der Waals surface area contributed by atoms with E-state index >= 15 is 0 Å². The number of alkyl halides is 3. The van der Waals surface area contributed by atoms with Crippen LogP contribution in [0.25, 0.3) is 22.2 Å². The van der Waals surface area contributed by atoms with Crippen LogP contribution in [0.5, 0.6) is 0 Å². The number of H-pyrrole nitrogens is 1. The third kappa shape index (κ3) is 6.04. The number of nitrogens with one attached hydrogen (secondary N) is 1. The maximum Gasteiger partial charge on any atom is 0.417 e. The number of aromatic nitrogens is 6. The van der Waals surface area contributed by atoms with Crippen molar-refractivity contribution < 1.29 is 28.1 Å². The van der Waals surface area contributed by atoms with E-state index in [4.69, 9.17) is 22.1 Å². The van der Waals surface area contributed by atoms with E-state index in [-0.39, 0.29) is 22.9 Å². The van der Waals surface area contributed by atoms with Gasteiger partial charge in [0.15, 0.2) is 17.7 Å². The van der Waals surface area contributed by atoms with Crippen LogP contribution in [0.2, 0.25) is 5.02 Å². The fourth-order valence-electron chi connectivity index (χ4n) is 5.70. The van der Waals surface area contributed by atoms with Crippen molar-refractivity contribution in [2.45, 2.75) is 76.2 Å². The number of benzene rings is 1. The van der Waals surface area contributed by atoms with E-state index in [0.29, 0.717) is 46.9 Å². The first-order chi connectivity index (χ1) is 19.9. The maximum absolute atomic E-state index is 13.2. The second-order valence-corrected chi connectivity index (χ2v) is 11.5. The fourth-order valence-corrected chi connectivity index (χ4v) is 5.96. The zero-order valence-corrected chi connectivity index (χ0v) is 24.1. The van der Waals surface area contributed by atoms with Gasteiger partial charge in [-0.15, -0.1) is 0 Å². The van der Waals surface area contributed by atoms with Crippen LogP contribution in [-0.2, 0) is 17.3 Å². The Morgan fingerprint density at radius 3 is 2.62 bits per heavy atom. The number of hydrogen-bond acceptors (Lipinski definition) is 9. The minimum absolute atomic E-state index is 0.155. The molecule has 3 aromatic heterocycles. The number of halogens is 4. The molecule has 42 heavy (non-hydrogen) atoms. The third-order valence-corrected chi connectivity index (χ3v) is 8.42. The van der Waals surface area contributed by atoms with Crippen LogP contribution >= 0.6 is 11.6 Å². The largest absolute Gasteiger partial charge is 0.417 e. The van der Waals surface area contributed by atoms with E-state index in [0.717, 1.165) is 25.3 Å². The van der Waals surface area contributed by atoms with Gasteiger partial charge in [-0.25, -0.2) is 19.9 Å². The van der Waals surface area contributed by atoms with Crippen LogP contribution in [0, 0.1) is 5.92 Å². The predicted molar refractivity (Wildman–Crippen MR) is 151 cm³/mol. The Bertz CT molecular complexity index is 1540. The Kier molecular flexibility index (Phi) is 8.63. The summed E-state index contributed by atoms with van der Waals surface area (Å²) < 4.78 is 46.6. The van der Waals surface area contributed by atoms with Gasteiger partial charge in [0.25, 0.3) is 0 Å². The molecule has 5 N–H and O–H groups in total. The summed E-state index contributed by atoms with van der Waals surface area (Å²) >= 11 is 5.83. The number of methoxy groups -OCH3 is 1. The predicted octanol–water partition coefficient (Wildman–Crippen LogP) is 3.95. The van der Waals surface area contributed by atoms with Crippen LogP contribution in [0.4, 0.5) is 19.0 Å². The van der Waals surface area contributed by atoms with Crippen LogP contribution < -0.4 is 5.73 Å². The van der Waals surface area contributed by atoms with Crippen molar-refractivity contribution in [3.63, 3.8) is 0 Å². The Labute approximate surface area is 244 Å². The van der Waals surface area contributed by atoms with Gasteiger partial charge in [0.2, 0.25) is 0 Å². The molecule has 4 aromatic rings. The lowest BCUT2D eigenvalue weighted by atomic mass is 9.76. The molecule has 1 aromatic carbocycles. The number of aryl methyl sites for hydroxylation is 1. The highest BCUT2D eigenvalue weighted by molar-refractivity contribution is 6.32. The number of nitrogen functional groups attached to an aromatic ring is 1. The van der Waals surface area contributed by atoms with Crippen molar-refractivity contribution in [1.29, 1.82) is 0 Å². The van der Waals surface area contributed by atoms with Gasteiger partial charge in [-0.3, -0.25) is 9.47 Å². The molecule has 5 rings (SSSR count). The van der Waals surface area contributed by atoms with Gasteiger partial charge >= 0.3 is 6.18 Å². The minimum Gasteiger partial charge on any atom is -0.386 e. The molecule has 3 atom stereocenters. The Balaban J connectivity index is 1.18. The summed E-state index contributed by atoms with van der Waals surface area (Å²) in [5.74, 6) is 1.22. The van der Waals surface area contributed by atoms with Crippen molar-refractivity contribution in [2.24, 2.45) is 5.92 Å². The van der Waals surface area contributed by atoms with Crippen LogP contribution in [-0.4, -0.2) is 82.5 Å². The van der Waals surface area contributed by atoms with Crippen molar-refractivity contribution >= 4 is 39.6 Å². The van der Waals surface area contributed by atoms with Crippen LogP contribution in [0.15, 0.2) is 24.8 Å². The Morgan fingerprint density at radius 2 is 1.95 bits per heavy atom. The van der Waals surface area contributed by atoms with Gasteiger partial charge < -0.3 is 25.7 Å². The molecular weight excluding hydrogens is 577 g/mol. The molecule has 1 aliphatic rings. The first-order valence-electron chi connectivity index (χ1n) is 13.7. The van der Waals surface area contributed by atoms with E-state index in [1.54, 1.807) is 0 Å². The molecule has 0 unspecified atom stereocenters. The molecule has 0 amide bonds. The third-order valence-electron chi connectivity index (χ3n) is 8.11. The normalized spacial score (nSPS) is 20.0. The topological polar surface area (TPSA) is 151 Å². The Morgan fingerprint density at radius 1 is 1.21 bits per heavy atom. The fraction of sp³-hybridized carbons (Fsp3) is 0.556. The summed E-state index contributed by atoms with van der Waals surface area (Å²) in [5, 5.41) is 21.7. The number of aliphatic hydroxyl groups excluding tert-OH is 2. The van der Waals surface area contributed by atoms with E-state index in [9.17, 15) is 23.4 Å². The van der Waals surface area contributed by atoms with E-state index in [1.165, 1.54) is 30.4 Å². The highest BCUT2D eigenvalue weighted by atomic mass is 35.5. The minimum atomic E-state index is -4.53. The number of anilines is 1. The number of nitrogens with two attached hydrogens (primary N) is 1. The average molecular weight is 611 g/mol. The first kappa shape index (κ1) is 30.4. The van der Waals surface area contributed by atoms with Gasteiger partial charge in [-0.1, -0.05) is 11.6 Å². The molecule has 0 saturated heterocycles. The molecule has 1 aliphatic carbocycles. The summed E-state index contributed by atoms with van der Waals surface area (Å²) in [6, 6.07) is 2.66. The van der Waals surface area contributed by atoms with Gasteiger partial charge in [-0.2, -0.15) is 13.2 Å². The van der Waals surface area contributed by atoms with E-state index < -0.39 is 30.2 Å². The maximum atomic E-state index is 13.2. The summed E-state index contributed by atoms with van der Waals surface area (Å²) in [6.07, 6.45) is -2.00. The highest BCUT2D eigenvalue weighted by Crippen LogP contribution is 2.38. The summed E-state index contributed by atoms with van der Waals surface area (Å²) in [6.45, 7) is 4.53. The number of imidazole rings is 2. The number of fused-ring (bicyclic) bond motifs is 2. The van der Waals surface area contributed by atoms with Crippen molar-refractivity contribution in [1.82, 2.24) is 34.4 Å². The lowest BCUT2D eigenvalue weighted by molar-refractivity contribution is -0.137. The molecule has 0 radical (unpaired) electrons. The molecular formula is C27H34ClF3N8O3. The summed E-state index contributed by atoms with van der Waals surface area (Å²) in [5.41, 5.74) is 6.32. The smallest absolute Gasteiger partial charge is 0.386 e. The molecule has 1 saturated carbocycles. The summed E-state index contributed by atoms with van der Waals surface area (Å²) in [4.78, 5) is 21.9. The number of hydrogen-bond donors (Lipinski definition) is 4. The first-order valence-corrected chi connectivity index (χ1v) is 14.1. The molecule has 0 bridgehead atoms. The van der Waals surface area contributed by atoms with Gasteiger partial charge in [0, 0.05) is 32.2 Å². The molecule has 0 spiro atoms. The lowest BCUT2D eigenvalue weighted by Crippen LogP contribution is -2.53. The van der Waals surface area contributed by atoms with Crippen molar-refractivity contribution in [2.75, 3.05) is 19.4 Å².